The maximum Gasteiger partial charge on any atom is 0.265 e. The fraction of sp³-hybridized carbons (Fsp3) is 0.381. The maximum atomic E-state index is 14.5. The lowest BCUT2D eigenvalue weighted by molar-refractivity contribution is -0.147. The number of hydrogen-bond donors (Lipinski definition) is 2. The molecule has 3 N–H and O–H groups in total. The molecule has 8 nitrogen and oxygen atoms in total. The van der Waals surface area contributed by atoms with E-state index in [9.17, 15) is 13.6 Å². The molecule has 0 aliphatic carbocycles. The normalized spacial score (nSPS) is 21.3. The fourth-order valence-electron chi connectivity index (χ4n) is 3.66. The highest BCUT2D eigenvalue weighted by molar-refractivity contribution is 6.30. The molecule has 1 aliphatic heterocycles. The van der Waals surface area contributed by atoms with Crippen molar-refractivity contribution in [2.24, 2.45) is 16.6 Å². The van der Waals surface area contributed by atoms with Gasteiger partial charge >= 0.3 is 0 Å². The molecular weight excluding hydrogens is 440 g/mol. The van der Waals surface area contributed by atoms with E-state index in [0.717, 1.165) is 4.90 Å². The number of nitrogens with one attached hydrogen (secondary N) is 1. The standard InChI is InChI=1S/C21H24ClF2N7O/c1-13-7-21(23,24)12-31(17(13)11-30-20-28-8-14(22)9-29-20)19(32)15(10-26-2)18(25)16-5-3-4-6-27-16/h3-6,8-10,13,17H,7,11-12,25H2,1-2H3,(H,28,29,30)/t13-,17?/m1/s1. The quantitative estimate of drug-likeness (QED) is 0.503. The monoisotopic (exact) mass is 463 g/mol. The number of pyridine rings is 1. The van der Waals surface area contributed by atoms with Crippen molar-refractivity contribution in [2.45, 2.75) is 25.3 Å². The van der Waals surface area contributed by atoms with Crippen molar-refractivity contribution in [1.82, 2.24) is 19.9 Å². The van der Waals surface area contributed by atoms with Gasteiger partial charge in [0.15, 0.2) is 0 Å². The Morgan fingerprint density at radius 3 is 2.72 bits per heavy atom. The van der Waals surface area contributed by atoms with Crippen molar-refractivity contribution < 1.29 is 13.6 Å². The number of hydrogen-bond acceptors (Lipinski definition) is 7. The number of amides is 1. The first kappa shape index (κ1) is 23.5. The minimum Gasteiger partial charge on any atom is -0.396 e. The van der Waals surface area contributed by atoms with Gasteiger partial charge in [0.25, 0.3) is 11.8 Å². The second-order valence-electron chi connectivity index (χ2n) is 7.57. The van der Waals surface area contributed by atoms with Gasteiger partial charge < -0.3 is 16.0 Å². The lowest BCUT2D eigenvalue weighted by atomic mass is 9.87. The molecule has 11 heteroatoms. The molecule has 3 rings (SSSR count). The van der Waals surface area contributed by atoms with Gasteiger partial charge in [-0.3, -0.25) is 14.8 Å². The summed E-state index contributed by atoms with van der Waals surface area (Å²) < 4.78 is 28.9. The third kappa shape index (κ3) is 5.56. The number of piperidine rings is 1. The summed E-state index contributed by atoms with van der Waals surface area (Å²) in [6.45, 7) is 1.12. The van der Waals surface area contributed by atoms with Crippen LogP contribution in [-0.4, -0.2) is 64.1 Å². The van der Waals surface area contributed by atoms with E-state index in [2.05, 4.69) is 25.3 Å². The smallest absolute Gasteiger partial charge is 0.265 e. The molecule has 2 aromatic heterocycles. The van der Waals surface area contributed by atoms with Gasteiger partial charge in [-0.1, -0.05) is 24.6 Å². The number of nitrogens with two attached hydrogens (primary N) is 1. The predicted octanol–water partition coefficient (Wildman–Crippen LogP) is 2.88. The van der Waals surface area contributed by atoms with E-state index >= 15 is 0 Å². The Hall–Kier alpha value is -3.14. The van der Waals surface area contributed by atoms with Gasteiger partial charge in [0, 0.05) is 32.4 Å². The van der Waals surface area contributed by atoms with Gasteiger partial charge in [0.1, 0.15) is 0 Å². The maximum absolute atomic E-state index is 14.5. The summed E-state index contributed by atoms with van der Waals surface area (Å²) in [6.07, 6.45) is 5.30. The van der Waals surface area contributed by atoms with Crippen LogP contribution in [0, 0.1) is 5.92 Å². The zero-order valence-electron chi connectivity index (χ0n) is 17.7. The minimum absolute atomic E-state index is 0.00356. The first-order valence-corrected chi connectivity index (χ1v) is 10.3. The third-order valence-corrected chi connectivity index (χ3v) is 5.34. The van der Waals surface area contributed by atoms with Gasteiger partial charge in [-0.15, -0.1) is 0 Å². The summed E-state index contributed by atoms with van der Waals surface area (Å²) in [5, 5.41) is 3.38. The molecule has 0 spiro atoms. The second-order valence-corrected chi connectivity index (χ2v) is 8.01. The zero-order chi connectivity index (χ0) is 23.3. The lowest BCUT2D eigenvalue weighted by Crippen LogP contribution is -2.58. The number of carbonyl (C=O) groups is 1. The number of carbonyl (C=O) groups excluding carboxylic acids is 1. The highest BCUT2D eigenvalue weighted by Gasteiger charge is 2.46. The summed E-state index contributed by atoms with van der Waals surface area (Å²) in [5.41, 5.74) is 6.63. The molecule has 0 bridgehead atoms. The van der Waals surface area contributed by atoms with Crippen LogP contribution < -0.4 is 11.1 Å². The molecule has 32 heavy (non-hydrogen) atoms. The number of nitrogens with zero attached hydrogens (tertiary/aromatic N) is 5. The minimum atomic E-state index is -3.03. The number of alkyl halides is 2. The Morgan fingerprint density at radius 2 is 2.09 bits per heavy atom. The Balaban J connectivity index is 1.92. The molecule has 1 amide bonds. The molecular formula is C21H24ClF2N7O. The number of aromatic nitrogens is 3. The van der Waals surface area contributed by atoms with E-state index in [1.807, 2.05) is 0 Å². The molecule has 0 aromatic carbocycles. The third-order valence-electron chi connectivity index (χ3n) is 5.15. The van der Waals surface area contributed by atoms with Gasteiger partial charge in [0.2, 0.25) is 5.95 Å². The molecule has 0 saturated carbocycles. The Labute approximate surface area is 189 Å². The van der Waals surface area contributed by atoms with Crippen LogP contribution in [0.1, 0.15) is 19.0 Å². The Bertz CT molecular complexity index is 999. The van der Waals surface area contributed by atoms with Gasteiger partial charge in [-0.05, 0) is 18.1 Å². The van der Waals surface area contributed by atoms with Crippen molar-refractivity contribution in [1.29, 1.82) is 0 Å². The van der Waals surface area contributed by atoms with E-state index in [1.165, 1.54) is 31.9 Å². The topological polar surface area (TPSA) is 109 Å². The van der Waals surface area contributed by atoms with Crippen molar-refractivity contribution in [2.75, 3.05) is 25.5 Å². The first-order valence-electron chi connectivity index (χ1n) is 9.95. The number of rotatable bonds is 6. The van der Waals surface area contributed by atoms with Crippen molar-refractivity contribution in [3.8, 4) is 0 Å². The lowest BCUT2D eigenvalue weighted by Gasteiger charge is -2.43. The largest absolute Gasteiger partial charge is 0.396 e. The molecule has 2 atom stereocenters. The average Bonchev–Trinajstić information content (AvgIpc) is 2.77. The highest BCUT2D eigenvalue weighted by atomic mass is 35.5. The summed E-state index contributed by atoms with van der Waals surface area (Å²) in [6, 6.07) is 4.50. The summed E-state index contributed by atoms with van der Waals surface area (Å²) >= 11 is 5.80. The van der Waals surface area contributed by atoms with Crippen LogP contribution in [0.2, 0.25) is 5.02 Å². The first-order chi connectivity index (χ1) is 15.2. The summed E-state index contributed by atoms with van der Waals surface area (Å²) in [5.74, 6) is -3.89. The van der Waals surface area contributed by atoms with Crippen molar-refractivity contribution in [3.63, 3.8) is 0 Å². The molecule has 1 saturated heterocycles. The van der Waals surface area contributed by atoms with Crippen molar-refractivity contribution in [3.05, 3.63) is 53.1 Å². The van der Waals surface area contributed by atoms with Gasteiger partial charge in [-0.25, -0.2) is 18.7 Å². The van der Waals surface area contributed by atoms with Crippen LogP contribution in [0.25, 0.3) is 5.70 Å². The van der Waals surface area contributed by atoms with E-state index in [0.29, 0.717) is 10.7 Å². The van der Waals surface area contributed by atoms with E-state index < -0.39 is 30.3 Å². The summed E-state index contributed by atoms with van der Waals surface area (Å²) in [4.78, 5) is 30.8. The Morgan fingerprint density at radius 1 is 1.38 bits per heavy atom. The van der Waals surface area contributed by atoms with E-state index in [-0.39, 0.29) is 30.2 Å². The number of halogens is 3. The number of aliphatic imine (C=N–C) groups is 1. The van der Waals surface area contributed by atoms with Gasteiger partial charge in [-0.2, -0.15) is 0 Å². The number of likely N-dealkylation sites (tertiary alicyclic amines) is 1. The highest BCUT2D eigenvalue weighted by Crippen LogP contribution is 2.35. The molecule has 170 valence electrons. The molecule has 1 fully saturated rings. The fourth-order valence-corrected chi connectivity index (χ4v) is 3.76. The van der Waals surface area contributed by atoms with Crippen LogP contribution >= 0.6 is 11.6 Å². The SMILES string of the molecule is CN=CC(C(=O)N1CC(F)(F)C[C@@H](C)C1CNc1ncc(Cl)cn1)=C(N)c1ccccn1. The molecule has 3 heterocycles. The van der Waals surface area contributed by atoms with E-state index in [1.54, 1.807) is 25.1 Å². The van der Waals surface area contributed by atoms with E-state index in [4.69, 9.17) is 17.3 Å². The molecule has 0 radical (unpaired) electrons. The van der Waals surface area contributed by atoms with Crippen LogP contribution in [-0.2, 0) is 4.79 Å². The predicted molar refractivity (Wildman–Crippen MR) is 120 cm³/mol. The van der Waals surface area contributed by atoms with Crippen LogP contribution in [0.5, 0.6) is 0 Å². The average molecular weight is 464 g/mol. The van der Waals surface area contributed by atoms with Gasteiger partial charge in [0.05, 0.1) is 47.0 Å². The molecule has 1 aliphatic rings. The van der Waals surface area contributed by atoms with Crippen LogP contribution in [0.4, 0.5) is 14.7 Å². The zero-order valence-corrected chi connectivity index (χ0v) is 18.4. The van der Waals surface area contributed by atoms with Crippen LogP contribution in [0.3, 0.4) is 0 Å². The molecule has 1 unspecified atom stereocenters. The number of anilines is 1. The van der Waals surface area contributed by atoms with Crippen LogP contribution in [0.15, 0.2) is 47.4 Å². The second kappa shape index (κ2) is 9.99. The molecule has 2 aromatic rings. The summed E-state index contributed by atoms with van der Waals surface area (Å²) in [7, 11) is 1.48. The Kier molecular flexibility index (Phi) is 7.34. The van der Waals surface area contributed by atoms with Crippen molar-refractivity contribution >= 4 is 35.4 Å².